The summed E-state index contributed by atoms with van der Waals surface area (Å²) in [5.74, 6) is 0. The van der Waals surface area contributed by atoms with Crippen LogP contribution in [0.3, 0.4) is 0 Å². The standard InChI is InChI=1S/C11H16ClNO/c1-8-5-4-6-10(11(8)12)13-7-9(2)14-3/h4-6,9,13H,7H2,1-3H3. The molecule has 0 spiro atoms. The average Bonchev–Trinajstić information content (AvgIpc) is 2.20. The van der Waals surface area contributed by atoms with E-state index >= 15 is 0 Å². The number of halogens is 1. The van der Waals surface area contributed by atoms with Gasteiger partial charge in [0, 0.05) is 13.7 Å². The van der Waals surface area contributed by atoms with Crippen LogP contribution in [-0.2, 0) is 4.74 Å². The summed E-state index contributed by atoms with van der Waals surface area (Å²) >= 11 is 6.12. The maximum atomic E-state index is 6.12. The van der Waals surface area contributed by atoms with E-state index < -0.39 is 0 Å². The molecule has 78 valence electrons. The van der Waals surface area contributed by atoms with Gasteiger partial charge in [0.15, 0.2) is 0 Å². The van der Waals surface area contributed by atoms with Gasteiger partial charge in [-0.3, -0.25) is 0 Å². The topological polar surface area (TPSA) is 21.3 Å². The number of aryl methyl sites for hydroxylation is 1. The molecule has 1 aromatic rings. The maximum Gasteiger partial charge on any atom is 0.0715 e. The minimum absolute atomic E-state index is 0.187. The monoisotopic (exact) mass is 213 g/mol. The normalized spacial score (nSPS) is 12.6. The Morgan fingerprint density at radius 1 is 1.50 bits per heavy atom. The number of benzene rings is 1. The van der Waals surface area contributed by atoms with E-state index in [0.29, 0.717) is 0 Å². The summed E-state index contributed by atoms with van der Waals surface area (Å²) in [6, 6.07) is 5.95. The van der Waals surface area contributed by atoms with Crippen molar-refractivity contribution in [3.05, 3.63) is 28.8 Å². The first-order valence-electron chi connectivity index (χ1n) is 4.67. The average molecular weight is 214 g/mol. The Balaban J connectivity index is 2.63. The molecule has 1 unspecified atom stereocenters. The molecular weight excluding hydrogens is 198 g/mol. The van der Waals surface area contributed by atoms with Gasteiger partial charge in [0.05, 0.1) is 16.8 Å². The Labute approximate surface area is 90.2 Å². The van der Waals surface area contributed by atoms with Crippen molar-refractivity contribution in [3.63, 3.8) is 0 Å². The lowest BCUT2D eigenvalue weighted by atomic mass is 10.2. The van der Waals surface area contributed by atoms with Crippen LogP contribution in [0.1, 0.15) is 12.5 Å². The Morgan fingerprint density at radius 2 is 2.21 bits per heavy atom. The van der Waals surface area contributed by atoms with Gasteiger partial charge in [-0.05, 0) is 25.5 Å². The lowest BCUT2D eigenvalue weighted by Gasteiger charge is -2.13. The van der Waals surface area contributed by atoms with Crippen LogP contribution in [0.4, 0.5) is 5.69 Å². The van der Waals surface area contributed by atoms with E-state index in [2.05, 4.69) is 5.32 Å². The number of rotatable bonds is 4. The largest absolute Gasteiger partial charge is 0.381 e. The first kappa shape index (κ1) is 11.3. The van der Waals surface area contributed by atoms with Crippen LogP contribution in [0, 0.1) is 6.92 Å². The van der Waals surface area contributed by atoms with Crippen molar-refractivity contribution in [2.24, 2.45) is 0 Å². The van der Waals surface area contributed by atoms with E-state index in [1.54, 1.807) is 7.11 Å². The van der Waals surface area contributed by atoms with Gasteiger partial charge in [-0.25, -0.2) is 0 Å². The number of ether oxygens (including phenoxy) is 1. The van der Waals surface area contributed by atoms with E-state index in [1.165, 1.54) is 0 Å². The van der Waals surface area contributed by atoms with Gasteiger partial charge in [0.1, 0.15) is 0 Å². The minimum atomic E-state index is 0.187. The highest BCUT2D eigenvalue weighted by Crippen LogP contribution is 2.24. The van der Waals surface area contributed by atoms with Crippen molar-refractivity contribution in [2.45, 2.75) is 20.0 Å². The molecule has 0 aromatic heterocycles. The number of anilines is 1. The zero-order chi connectivity index (χ0) is 10.6. The molecule has 0 saturated heterocycles. The Morgan fingerprint density at radius 3 is 2.86 bits per heavy atom. The van der Waals surface area contributed by atoms with Crippen molar-refractivity contribution >= 4 is 17.3 Å². The highest BCUT2D eigenvalue weighted by molar-refractivity contribution is 6.33. The summed E-state index contributed by atoms with van der Waals surface area (Å²) < 4.78 is 5.14. The molecule has 0 radical (unpaired) electrons. The van der Waals surface area contributed by atoms with Crippen LogP contribution in [-0.4, -0.2) is 19.8 Å². The third-order valence-electron chi connectivity index (χ3n) is 2.17. The lowest BCUT2D eigenvalue weighted by molar-refractivity contribution is 0.129. The van der Waals surface area contributed by atoms with E-state index in [4.69, 9.17) is 16.3 Å². The van der Waals surface area contributed by atoms with Gasteiger partial charge in [-0.2, -0.15) is 0 Å². The van der Waals surface area contributed by atoms with Crippen LogP contribution in [0.25, 0.3) is 0 Å². The van der Waals surface area contributed by atoms with Gasteiger partial charge in [0.2, 0.25) is 0 Å². The number of hydrogen-bond donors (Lipinski definition) is 1. The second-order valence-corrected chi connectivity index (χ2v) is 3.74. The fourth-order valence-corrected chi connectivity index (χ4v) is 1.31. The molecule has 0 amide bonds. The van der Waals surface area contributed by atoms with E-state index in [1.807, 2.05) is 32.0 Å². The second kappa shape index (κ2) is 5.23. The van der Waals surface area contributed by atoms with Crippen molar-refractivity contribution < 1.29 is 4.74 Å². The molecule has 0 bridgehead atoms. The van der Waals surface area contributed by atoms with Gasteiger partial charge in [0.25, 0.3) is 0 Å². The molecule has 0 saturated carbocycles. The van der Waals surface area contributed by atoms with Crippen molar-refractivity contribution in [3.8, 4) is 0 Å². The zero-order valence-corrected chi connectivity index (χ0v) is 9.56. The Hall–Kier alpha value is -0.730. The third-order valence-corrected chi connectivity index (χ3v) is 2.68. The third kappa shape index (κ3) is 2.89. The molecule has 0 aliphatic heterocycles. The molecule has 14 heavy (non-hydrogen) atoms. The summed E-state index contributed by atoms with van der Waals surface area (Å²) in [6.07, 6.45) is 0.187. The van der Waals surface area contributed by atoms with Gasteiger partial charge < -0.3 is 10.1 Å². The van der Waals surface area contributed by atoms with Crippen molar-refractivity contribution in [1.82, 2.24) is 0 Å². The smallest absolute Gasteiger partial charge is 0.0715 e. The fraction of sp³-hybridized carbons (Fsp3) is 0.455. The number of nitrogens with one attached hydrogen (secondary N) is 1. The molecule has 0 aliphatic carbocycles. The summed E-state index contributed by atoms with van der Waals surface area (Å²) in [7, 11) is 1.70. The molecule has 0 fully saturated rings. The molecule has 0 aliphatic rings. The SMILES string of the molecule is COC(C)CNc1cccc(C)c1Cl. The predicted molar refractivity (Wildman–Crippen MR) is 61.1 cm³/mol. The Kier molecular flexibility index (Phi) is 4.23. The predicted octanol–water partition coefficient (Wildman–Crippen LogP) is 3.10. The molecule has 1 aromatic carbocycles. The quantitative estimate of drug-likeness (QED) is 0.830. The lowest BCUT2D eigenvalue weighted by Crippen LogP contribution is -2.18. The van der Waals surface area contributed by atoms with Crippen molar-refractivity contribution in [1.29, 1.82) is 0 Å². The van der Waals surface area contributed by atoms with Gasteiger partial charge in [-0.1, -0.05) is 23.7 Å². The van der Waals surface area contributed by atoms with E-state index in [-0.39, 0.29) is 6.10 Å². The molecule has 1 rings (SSSR count). The molecule has 1 N–H and O–H groups in total. The first-order valence-corrected chi connectivity index (χ1v) is 5.04. The van der Waals surface area contributed by atoms with Crippen LogP contribution < -0.4 is 5.32 Å². The molecule has 2 nitrogen and oxygen atoms in total. The molecule has 1 atom stereocenters. The van der Waals surface area contributed by atoms with Crippen LogP contribution >= 0.6 is 11.6 Å². The molecule has 0 heterocycles. The van der Waals surface area contributed by atoms with Crippen LogP contribution in [0.5, 0.6) is 0 Å². The van der Waals surface area contributed by atoms with Crippen molar-refractivity contribution in [2.75, 3.05) is 19.0 Å². The minimum Gasteiger partial charge on any atom is -0.381 e. The van der Waals surface area contributed by atoms with Gasteiger partial charge >= 0.3 is 0 Å². The number of methoxy groups -OCH3 is 1. The van der Waals surface area contributed by atoms with E-state index in [0.717, 1.165) is 22.8 Å². The number of hydrogen-bond acceptors (Lipinski definition) is 2. The van der Waals surface area contributed by atoms with Crippen LogP contribution in [0.2, 0.25) is 5.02 Å². The zero-order valence-electron chi connectivity index (χ0n) is 8.80. The highest BCUT2D eigenvalue weighted by atomic mass is 35.5. The summed E-state index contributed by atoms with van der Waals surface area (Å²) in [5, 5.41) is 4.04. The summed E-state index contributed by atoms with van der Waals surface area (Å²) in [4.78, 5) is 0. The summed E-state index contributed by atoms with van der Waals surface area (Å²) in [6.45, 7) is 4.77. The molecule has 3 heteroatoms. The fourth-order valence-electron chi connectivity index (χ4n) is 1.12. The second-order valence-electron chi connectivity index (χ2n) is 3.36. The van der Waals surface area contributed by atoms with Crippen LogP contribution in [0.15, 0.2) is 18.2 Å². The summed E-state index contributed by atoms with van der Waals surface area (Å²) in [5.41, 5.74) is 2.05. The maximum absolute atomic E-state index is 6.12. The Bertz CT molecular complexity index is 301. The highest BCUT2D eigenvalue weighted by Gasteiger charge is 2.03. The molecular formula is C11H16ClNO. The van der Waals surface area contributed by atoms with E-state index in [9.17, 15) is 0 Å². The van der Waals surface area contributed by atoms with Gasteiger partial charge in [-0.15, -0.1) is 0 Å². The first-order chi connectivity index (χ1) is 6.65.